The first kappa shape index (κ1) is 39.6. The molecular weight excluding hydrogens is 633 g/mol. The predicted molar refractivity (Wildman–Crippen MR) is 153 cm³/mol. The lowest BCUT2D eigenvalue weighted by atomic mass is 10.2. The fourth-order valence-corrected chi connectivity index (χ4v) is 15.3. The van der Waals surface area contributed by atoms with Crippen LogP contribution in [0.2, 0.25) is 0 Å². The normalized spacial score (nSPS) is 13.4. The zero-order chi connectivity index (χ0) is 32.3. The maximum absolute atomic E-state index is 14.0. The molecule has 0 amide bonds. The highest BCUT2D eigenvalue weighted by molar-refractivity contribution is 8.25. The Labute approximate surface area is 249 Å². The van der Waals surface area contributed by atoms with Crippen molar-refractivity contribution in [3.63, 3.8) is 0 Å². The van der Waals surface area contributed by atoms with Crippen molar-refractivity contribution in [2.75, 3.05) is 26.2 Å². The van der Waals surface area contributed by atoms with Crippen molar-refractivity contribution >= 4 is 40.1 Å². The molecule has 0 aromatic heterocycles. The Morgan fingerprint density at radius 3 is 1.14 bits per heavy atom. The summed E-state index contributed by atoms with van der Waals surface area (Å²) in [5.41, 5.74) is 0. The minimum atomic E-state index is -5.68. The Morgan fingerprint density at radius 2 is 0.857 bits per heavy atom. The molecule has 0 rings (SSSR count). The third-order valence-corrected chi connectivity index (χ3v) is 16.9. The molecule has 16 nitrogen and oxygen atoms in total. The second kappa shape index (κ2) is 19.0. The molecule has 0 radical (unpaired) electrons. The van der Waals surface area contributed by atoms with Crippen molar-refractivity contribution in [1.29, 1.82) is 21.0 Å². The Balaban J connectivity index is 7.66. The lowest BCUT2D eigenvalue weighted by molar-refractivity contribution is 0.496. The molecule has 0 heterocycles. The molecule has 238 valence electrons. The summed E-state index contributed by atoms with van der Waals surface area (Å²) >= 11 is 0. The molecule has 42 heavy (non-hydrogen) atoms. The summed E-state index contributed by atoms with van der Waals surface area (Å²) in [5.74, 6) is 0. The first-order chi connectivity index (χ1) is 19.7. The van der Waals surface area contributed by atoms with E-state index >= 15 is 0 Å². The van der Waals surface area contributed by atoms with Gasteiger partial charge in [-0.3, -0.25) is 0 Å². The van der Waals surface area contributed by atoms with Crippen LogP contribution in [0.3, 0.4) is 0 Å². The Bertz CT molecular complexity index is 1330. The fourth-order valence-electron chi connectivity index (χ4n) is 3.77. The van der Waals surface area contributed by atoms with E-state index in [4.69, 9.17) is 21.0 Å². The summed E-state index contributed by atoms with van der Waals surface area (Å²) in [7, 11) is -22.1. The highest BCUT2D eigenvalue weighted by Gasteiger charge is 2.72. The van der Waals surface area contributed by atoms with Gasteiger partial charge in [0, 0.05) is 51.9 Å². The molecule has 0 fully saturated rings. The minimum Gasteiger partial charge on any atom is -0.215 e. The van der Waals surface area contributed by atoms with Gasteiger partial charge >= 0.3 is 3.41 Å². The van der Waals surface area contributed by atoms with Crippen molar-refractivity contribution < 1.29 is 33.7 Å². The number of hydrogen-bond donors (Lipinski definition) is 4. The van der Waals surface area contributed by atoms with E-state index in [1.54, 1.807) is 31.2 Å². The lowest BCUT2D eigenvalue weighted by Crippen LogP contribution is -2.71. The first-order valence-electron chi connectivity index (χ1n) is 13.1. The average molecular weight is 671 g/mol. The van der Waals surface area contributed by atoms with Gasteiger partial charge in [0.1, 0.15) is 5.25 Å². The predicted octanol–water partition coefficient (Wildman–Crippen LogP) is 0.0917. The van der Waals surface area contributed by atoms with Gasteiger partial charge < -0.3 is 0 Å². The molecule has 0 aromatic carbocycles. The van der Waals surface area contributed by atoms with Gasteiger partial charge in [0.2, 0.25) is 10.0 Å². The van der Waals surface area contributed by atoms with E-state index in [9.17, 15) is 33.7 Å². The van der Waals surface area contributed by atoms with Crippen LogP contribution in [0.4, 0.5) is 0 Å². The van der Waals surface area contributed by atoms with Gasteiger partial charge in [0.15, 0.2) is 0 Å². The first-order valence-corrected chi connectivity index (χ1v) is 19.1. The van der Waals surface area contributed by atoms with Gasteiger partial charge in [-0.05, 0) is 32.1 Å². The molecule has 0 aliphatic carbocycles. The maximum atomic E-state index is 14.0. The van der Waals surface area contributed by atoms with Crippen LogP contribution >= 0.6 is 0 Å². The third kappa shape index (κ3) is 10.7. The number of sulfonamides is 4. The summed E-state index contributed by atoms with van der Waals surface area (Å²) < 4.78 is 115. The number of unbranched alkanes of at least 4 members (excludes halogenated alkanes) is 5. The van der Waals surface area contributed by atoms with Crippen LogP contribution in [-0.4, -0.2) is 68.5 Å². The summed E-state index contributed by atoms with van der Waals surface area (Å²) in [5, 5.41) is 32.6. The van der Waals surface area contributed by atoms with Crippen LogP contribution in [0.15, 0.2) is 0 Å². The summed E-state index contributed by atoms with van der Waals surface area (Å²) in [4.78, 5) is 0. The quantitative estimate of drug-likeness (QED) is 0.0994. The second-order valence-electron chi connectivity index (χ2n) is 8.91. The largest absolute Gasteiger partial charge is 0.330 e. The van der Waals surface area contributed by atoms with Crippen LogP contribution in [0.5, 0.6) is 0 Å². The molecule has 0 saturated heterocycles. The molecule has 20 heteroatoms. The topological polar surface area (TPSA) is 280 Å². The Kier molecular flexibility index (Phi) is 17.9. The molecule has 0 spiro atoms. The van der Waals surface area contributed by atoms with Crippen molar-refractivity contribution in [2.24, 2.45) is 0 Å². The SMILES string of the molecule is CCCCC(C(S(=O)(=O)NCCCC#N)(S(=O)(=O)NCCCC#N)S(=O)(=O)NCCCC#N)S(=O)(=O)NCCCC#N. The smallest absolute Gasteiger partial charge is 0.215 e. The van der Waals surface area contributed by atoms with E-state index in [1.807, 2.05) is 14.2 Å². The van der Waals surface area contributed by atoms with Crippen LogP contribution in [0, 0.1) is 45.3 Å². The zero-order valence-electron chi connectivity index (χ0n) is 23.4. The molecular formula is C22H38N8O8S4. The number of hydrogen-bond acceptors (Lipinski definition) is 12. The summed E-state index contributed by atoms with van der Waals surface area (Å²) in [6.07, 6.45) is -1.66. The minimum absolute atomic E-state index is 0.0271. The Morgan fingerprint density at radius 1 is 0.548 bits per heavy atom. The van der Waals surface area contributed by atoms with Gasteiger partial charge in [-0.25, -0.2) is 52.6 Å². The molecule has 1 unspecified atom stereocenters. The zero-order valence-corrected chi connectivity index (χ0v) is 26.6. The fraction of sp³-hybridized carbons (Fsp3) is 0.818. The van der Waals surface area contributed by atoms with Gasteiger partial charge in [-0.1, -0.05) is 19.8 Å². The van der Waals surface area contributed by atoms with Crippen molar-refractivity contribution in [3.8, 4) is 24.3 Å². The van der Waals surface area contributed by atoms with Gasteiger partial charge in [0.05, 0.1) is 24.3 Å². The van der Waals surface area contributed by atoms with E-state index in [0.29, 0.717) is 0 Å². The molecule has 0 bridgehead atoms. The van der Waals surface area contributed by atoms with E-state index in [0.717, 1.165) is 0 Å². The second-order valence-corrected chi connectivity index (χ2v) is 17.5. The maximum Gasteiger partial charge on any atom is 0.330 e. The third-order valence-electron chi connectivity index (χ3n) is 5.75. The monoisotopic (exact) mass is 670 g/mol. The molecule has 0 aromatic rings. The highest BCUT2D eigenvalue weighted by Crippen LogP contribution is 2.39. The van der Waals surface area contributed by atoms with Crippen LogP contribution in [0.1, 0.15) is 77.6 Å². The highest BCUT2D eigenvalue weighted by atomic mass is 32.3. The van der Waals surface area contributed by atoms with Crippen molar-refractivity contribution in [1.82, 2.24) is 18.9 Å². The molecule has 1 atom stereocenters. The van der Waals surface area contributed by atoms with Gasteiger partial charge in [0.25, 0.3) is 30.1 Å². The van der Waals surface area contributed by atoms with Gasteiger partial charge in [-0.15, -0.1) is 0 Å². The number of nitrogens with zero attached hydrogens (tertiary/aromatic N) is 4. The van der Waals surface area contributed by atoms with E-state index in [-0.39, 0.29) is 64.2 Å². The van der Waals surface area contributed by atoms with E-state index in [2.05, 4.69) is 4.72 Å². The van der Waals surface area contributed by atoms with E-state index in [1.165, 1.54) is 0 Å². The van der Waals surface area contributed by atoms with Crippen molar-refractivity contribution in [3.05, 3.63) is 0 Å². The number of rotatable bonds is 24. The van der Waals surface area contributed by atoms with Crippen LogP contribution in [0.25, 0.3) is 0 Å². The summed E-state index contributed by atoms with van der Waals surface area (Å²) in [6, 6.07) is 7.09. The average Bonchev–Trinajstić information content (AvgIpc) is 2.91. The number of nitrogens with one attached hydrogen (secondary N) is 4. The molecule has 0 saturated carbocycles. The lowest BCUT2D eigenvalue weighted by Gasteiger charge is -2.38. The van der Waals surface area contributed by atoms with Gasteiger partial charge in [-0.2, -0.15) is 21.0 Å². The Hall–Kier alpha value is -2.40. The van der Waals surface area contributed by atoms with Crippen LogP contribution in [-0.2, 0) is 40.1 Å². The molecule has 0 aliphatic rings. The molecule has 0 aliphatic heterocycles. The summed E-state index contributed by atoms with van der Waals surface area (Å²) in [6.45, 7) is -0.551. The van der Waals surface area contributed by atoms with E-state index < -0.39 is 81.4 Å². The van der Waals surface area contributed by atoms with Crippen molar-refractivity contribution in [2.45, 2.75) is 86.2 Å². The molecule has 4 N–H and O–H groups in total. The van der Waals surface area contributed by atoms with Crippen LogP contribution < -0.4 is 18.9 Å². The standard InChI is InChI=1S/C22H38N8O8S4/c1-2-3-12-21(39(31,32)27-17-8-4-13-23)22(40(33,34)28-18-9-5-14-24,41(35,36)29-19-10-6-15-25)42(37,38)30-20-11-7-16-26/h21,27-30H,2-12,17-20H2,1H3. The number of nitriles is 4.